The van der Waals surface area contributed by atoms with Gasteiger partial charge in [0.25, 0.3) is 0 Å². The number of hydrogen-bond donors (Lipinski definition) is 3. The maximum atomic E-state index is 13.3. The number of halogens is 2. The van der Waals surface area contributed by atoms with E-state index in [0.717, 1.165) is 25.0 Å². The number of amides is 2. The zero-order valence-corrected chi connectivity index (χ0v) is 9.80. The highest BCUT2D eigenvalue weighted by Gasteiger charge is 2.41. The Morgan fingerprint density at radius 3 is 2.67 bits per heavy atom. The molecule has 0 bridgehead atoms. The van der Waals surface area contributed by atoms with Crippen LogP contribution in [-0.2, 0) is 0 Å². The van der Waals surface area contributed by atoms with Gasteiger partial charge >= 0.3 is 6.03 Å². The molecular weight excluding hydrogens is 240 g/mol. The summed E-state index contributed by atoms with van der Waals surface area (Å²) in [6, 6.07) is 2.47. The predicted octanol–water partition coefficient (Wildman–Crippen LogP) is 1.83. The first-order valence-electron chi connectivity index (χ1n) is 5.75. The van der Waals surface area contributed by atoms with Crippen LogP contribution in [0.15, 0.2) is 18.2 Å². The van der Waals surface area contributed by atoms with Crippen molar-refractivity contribution in [2.75, 3.05) is 18.4 Å². The Bertz CT molecular complexity index is 461. The molecule has 0 saturated heterocycles. The van der Waals surface area contributed by atoms with Crippen LogP contribution in [0.1, 0.15) is 12.8 Å². The number of carbonyl (C=O) groups is 1. The summed E-state index contributed by atoms with van der Waals surface area (Å²) in [5.41, 5.74) is 5.54. The van der Waals surface area contributed by atoms with E-state index in [2.05, 4.69) is 10.6 Å². The second-order valence-electron chi connectivity index (χ2n) is 4.64. The molecule has 98 valence electrons. The van der Waals surface area contributed by atoms with Gasteiger partial charge in [0.05, 0.1) is 5.69 Å². The van der Waals surface area contributed by atoms with E-state index >= 15 is 0 Å². The molecule has 1 aromatic carbocycles. The van der Waals surface area contributed by atoms with Crippen molar-refractivity contribution in [3.63, 3.8) is 0 Å². The fraction of sp³-hybridized carbons (Fsp3) is 0.417. The molecule has 1 aliphatic carbocycles. The molecule has 1 saturated carbocycles. The normalized spacial score (nSPS) is 16.2. The highest BCUT2D eigenvalue weighted by molar-refractivity contribution is 5.89. The van der Waals surface area contributed by atoms with Crippen LogP contribution in [-0.4, -0.2) is 19.1 Å². The lowest BCUT2D eigenvalue weighted by Gasteiger charge is -2.14. The monoisotopic (exact) mass is 255 g/mol. The van der Waals surface area contributed by atoms with Crippen LogP contribution in [0.3, 0.4) is 0 Å². The van der Waals surface area contributed by atoms with Gasteiger partial charge < -0.3 is 16.4 Å². The summed E-state index contributed by atoms with van der Waals surface area (Å²) >= 11 is 0. The molecule has 0 radical (unpaired) electrons. The molecule has 0 unspecified atom stereocenters. The van der Waals surface area contributed by atoms with Crippen molar-refractivity contribution in [1.82, 2.24) is 5.32 Å². The highest BCUT2D eigenvalue weighted by Crippen LogP contribution is 2.43. The van der Waals surface area contributed by atoms with Crippen molar-refractivity contribution in [3.05, 3.63) is 29.8 Å². The fourth-order valence-corrected chi connectivity index (χ4v) is 1.65. The molecule has 18 heavy (non-hydrogen) atoms. The van der Waals surface area contributed by atoms with E-state index < -0.39 is 17.7 Å². The number of nitrogens with one attached hydrogen (secondary N) is 2. The maximum absolute atomic E-state index is 13.3. The van der Waals surface area contributed by atoms with Gasteiger partial charge in [-0.25, -0.2) is 13.6 Å². The fourth-order valence-electron chi connectivity index (χ4n) is 1.65. The number of carbonyl (C=O) groups excluding carboxylic acids is 1. The van der Waals surface area contributed by atoms with Crippen molar-refractivity contribution in [2.45, 2.75) is 12.8 Å². The van der Waals surface area contributed by atoms with Crippen LogP contribution in [0.25, 0.3) is 0 Å². The first kappa shape index (κ1) is 12.8. The Balaban J connectivity index is 1.87. The third kappa shape index (κ3) is 2.95. The van der Waals surface area contributed by atoms with Crippen LogP contribution in [0.5, 0.6) is 0 Å². The summed E-state index contributed by atoms with van der Waals surface area (Å²) in [6.45, 7) is 0.996. The Morgan fingerprint density at radius 2 is 2.11 bits per heavy atom. The van der Waals surface area contributed by atoms with Gasteiger partial charge in [0.1, 0.15) is 11.6 Å². The highest BCUT2D eigenvalue weighted by atomic mass is 19.1. The second-order valence-corrected chi connectivity index (χ2v) is 4.64. The van der Waals surface area contributed by atoms with E-state index in [1.807, 2.05) is 0 Å². The van der Waals surface area contributed by atoms with Crippen molar-refractivity contribution in [2.24, 2.45) is 11.1 Å². The molecule has 2 rings (SSSR count). The molecule has 0 heterocycles. The summed E-state index contributed by atoms with van der Waals surface area (Å²) in [5, 5.41) is 4.97. The number of rotatable bonds is 4. The molecule has 4 nitrogen and oxygen atoms in total. The second kappa shape index (κ2) is 4.89. The van der Waals surface area contributed by atoms with Crippen LogP contribution >= 0.6 is 0 Å². The molecule has 0 spiro atoms. The molecule has 0 aromatic heterocycles. The van der Waals surface area contributed by atoms with Gasteiger partial charge in [-0.1, -0.05) is 0 Å². The summed E-state index contributed by atoms with van der Waals surface area (Å²) in [5.74, 6) is -1.48. The van der Waals surface area contributed by atoms with Crippen LogP contribution in [0.2, 0.25) is 0 Å². The number of nitrogens with two attached hydrogens (primary N) is 1. The molecule has 4 N–H and O–H groups in total. The minimum Gasteiger partial charge on any atom is -0.337 e. The lowest BCUT2D eigenvalue weighted by molar-refractivity contribution is 0.249. The molecule has 0 atom stereocenters. The van der Waals surface area contributed by atoms with E-state index in [4.69, 9.17) is 5.73 Å². The van der Waals surface area contributed by atoms with Crippen LogP contribution in [0, 0.1) is 17.0 Å². The molecule has 6 heteroatoms. The zero-order chi connectivity index (χ0) is 13.2. The number of hydrogen-bond acceptors (Lipinski definition) is 2. The standard InChI is InChI=1S/C12H15F2N3O/c13-8-1-2-10(9(14)5-8)17-11(18)16-7-12(6-15)3-4-12/h1-2,5H,3-4,6-7,15H2,(H2,16,17,18). The van der Waals surface area contributed by atoms with E-state index in [0.29, 0.717) is 13.1 Å². The topological polar surface area (TPSA) is 67.1 Å². The molecule has 2 amide bonds. The third-order valence-corrected chi connectivity index (χ3v) is 3.19. The predicted molar refractivity (Wildman–Crippen MR) is 64.1 cm³/mol. The van der Waals surface area contributed by atoms with Gasteiger partial charge in [0, 0.05) is 18.0 Å². The van der Waals surface area contributed by atoms with Gasteiger partial charge in [-0.05, 0) is 31.5 Å². The third-order valence-electron chi connectivity index (χ3n) is 3.19. The first-order chi connectivity index (χ1) is 8.54. The van der Waals surface area contributed by atoms with Crippen molar-refractivity contribution in [1.29, 1.82) is 0 Å². The van der Waals surface area contributed by atoms with Gasteiger partial charge in [-0.3, -0.25) is 0 Å². The molecular formula is C12H15F2N3O. The summed E-state index contributed by atoms with van der Waals surface area (Å²) in [7, 11) is 0. The van der Waals surface area contributed by atoms with E-state index in [9.17, 15) is 13.6 Å². The van der Waals surface area contributed by atoms with Crippen molar-refractivity contribution >= 4 is 11.7 Å². The minimum atomic E-state index is -0.801. The largest absolute Gasteiger partial charge is 0.337 e. The maximum Gasteiger partial charge on any atom is 0.319 e. The minimum absolute atomic E-state index is 0.0126. The van der Waals surface area contributed by atoms with Gasteiger partial charge in [0.2, 0.25) is 0 Å². The van der Waals surface area contributed by atoms with E-state index in [1.54, 1.807) is 0 Å². The van der Waals surface area contributed by atoms with Crippen molar-refractivity contribution < 1.29 is 13.6 Å². The van der Waals surface area contributed by atoms with Crippen molar-refractivity contribution in [3.8, 4) is 0 Å². The van der Waals surface area contributed by atoms with Crippen LogP contribution in [0.4, 0.5) is 19.3 Å². The number of benzene rings is 1. The molecule has 1 aromatic rings. The molecule has 1 aliphatic rings. The van der Waals surface area contributed by atoms with Gasteiger partial charge in [-0.15, -0.1) is 0 Å². The first-order valence-corrected chi connectivity index (χ1v) is 5.75. The summed E-state index contributed by atoms with van der Waals surface area (Å²) in [4.78, 5) is 11.5. The smallest absolute Gasteiger partial charge is 0.319 e. The average molecular weight is 255 g/mol. The van der Waals surface area contributed by atoms with E-state index in [-0.39, 0.29) is 11.1 Å². The van der Waals surface area contributed by atoms with E-state index in [1.165, 1.54) is 6.07 Å². The number of urea groups is 1. The SMILES string of the molecule is NCC1(CNC(=O)Nc2ccc(F)cc2F)CC1. The lowest BCUT2D eigenvalue weighted by atomic mass is 10.1. The zero-order valence-electron chi connectivity index (χ0n) is 9.80. The Hall–Kier alpha value is -1.69. The van der Waals surface area contributed by atoms with Gasteiger partial charge in [-0.2, -0.15) is 0 Å². The Labute approximate surface area is 104 Å². The molecule has 1 fully saturated rings. The summed E-state index contributed by atoms with van der Waals surface area (Å²) < 4.78 is 25.9. The average Bonchev–Trinajstić information content (AvgIpc) is 3.11. The van der Waals surface area contributed by atoms with Crippen LogP contribution < -0.4 is 16.4 Å². The lowest BCUT2D eigenvalue weighted by Crippen LogP contribution is -2.36. The summed E-state index contributed by atoms with van der Waals surface area (Å²) in [6.07, 6.45) is 1.99. The van der Waals surface area contributed by atoms with Gasteiger partial charge in [0.15, 0.2) is 0 Å². The Kier molecular flexibility index (Phi) is 3.47. The Morgan fingerprint density at radius 1 is 1.39 bits per heavy atom. The quantitative estimate of drug-likeness (QED) is 0.768. The molecule has 0 aliphatic heterocycles. The number of anilines is 1.